The van der Waals surface area contributed by atoms with Gasteiger partial charge in [-0.3, -0.25) is 14.4 Å². The normalized spacial score (nSPS) is 12.1. The van der Waals surface area contributed by atoms with Gasteiger partial charge in [-0.05, 0) is 38.5 Å². The smallest absolute Gasteiger partial charge is 0.249 e. The third-order valence-electron chi connectivity index (χ3n) is 3.84. The van der Waals surface area contributed by atoms with E-state index in [0.29, 0.717) is 11.3 Å². The first-order valence-corrected chi connectivity index (χ1v) is 8.05. The lowest BCUT2D eigenvalue weighted by molar-refractivity contribution is -0.133. The number of nitrogens with one attached hydrogen (secondary N) is 2. The fourth-order valence-electron chi connectivity index (χ4n) is 2.46. The monoisotopic (exact) mass is 338 g/mol. The van der Waals surface area contributed by atoms with E-state index in [0.717, 1.165) is 0 Å². The Kier molecular flexibility index (Phi) is 5.70. The van der Waals surface area contributed by atoms with Crippen molar-refractivity contribution in [2.24, 2.45) is 0 Å². The second kappa shape index (κ2) is 7.75. The number of hydrogen-bond acceptors (Lipinski definition) is 3. The number of ketones is 1. The summed E-state index contributed by atoms with van der Waals surface area (Å²) in [6.07, 6.45) is 0. The number of carbonyl (C=O) groups is 3. The first-order valence-electron chi connectivity index (χ1n) is 8.05. The molecule has 2 aromatic rings. The van der Waals surface area contributed by atoms with Gasteiger partial charge in [0, 0.05) is 5.69 Å². The molecule has 25 heavy (non-hydrogen) atoms. The topological polar surface area (TPSA) is 75.3 Å². The quantitative estimate of drug-likeness (QED) is 0.795. The number of amides is 2. The maximum atomic E-state index is 12.6. The molecular weight excluding hydrogens is 316 g/mol. The number of rotatable bonds is 6. The minimum absolute atomic E-state index is 0.275. The van der Waals surface area contributed by atoms with Crippen LogP contribution in [-0.2, 0) is 14.4 Å². The van der Waals surface area contributed by atoms with Crippen molar-refractivity contribution in [3.8, 4) is 0 Å². The summed E-state index contributed by atoms with van der Waals surface area (Å²) in [5.74, 6) is -2.07. The number of anilines is 1. The van der Waals surface area contributed by atoms with Crippen molar-refractivity contribution in [2.75, 3.05) is 5.32 Å². The highest BCUT2D eigenvalue weighted by Crippen LogP contribution is 2.19. The minimum atomic E-state index is -1.17. The van der Waals surface area contributed by atoms with E-state index in [4.69, 9.17) is 0 Å². The highest BCUT2D eigenvalue weighted by molar-refractivity contribution is 6.08. The van der Waals surface area contributed by atoms with Crippen LogP contribution in [0.5, 0.6) is 0 Å². The molecule has 1 atom stereocenters. The molecule has 130 valence electrons. The van der Waals surface area contributed by atoms with Crippen LogP contribution in [0.1, 0.15) is 32.3 Å². The molecule has 2 amide bonds. The van der Waals surface area contributed by atoms with Crippen molar-refractivity contribution in [3.05, 3.63) is 66.2 Å². The first kappa shape index (κ1) is 18.4. The Bertz CT molecular complexity index is 755. The Morgan fingerprint density at radius 3 is 1.92 bits per heavy atom. The molecule has 2 N–H and O–H groups in total. The fourth-order valence-corrected chi connectivity index (χ4v) is 2.46. The van der Waals surface area contributed by atoms with Gasteiger partial charge in [0.2, 0.25) is 11.8 Å². The lowest BCUT2D eigenvalue weighted by atomic mass is 9.93. The van der Waals surface area contributed by atoms with Gasteiger partial charge in [0.1, 0.15) is 17.2 Å². The molecule has 2 aromatic carbocycles. The average Bonchev–Trinajstić information content (AvgIpc) is 2.56. The summed E-state index contributed by atoms with van der Waals surface area (Å²) in [6.45, 7) is 4.57. The third kappa shape index (κ3) is 4.76. The predicted molar refractivity (Wildman–Crippen MR) is 97.2 cm³/mol. The van der Waals surface area contributed by atoms with Gasteiger partial charge < -0.3 is 10.6 Å². The van der Waals surface area contributed by atoms with Gasteiger partial charge in [0.15, 0.2) is 0 Å². The van der Waals surface area contributed by atoms with Crippen LogP contribution < -0.4 is 10.6 Å². The second-order valence-electron chi connectivity index (χ2n) is 6.39. The third-order valence-corrected chi connectivity index (χ3v) is 3.84. The molecule has 1 unspecified atom stereocenters. The molecule has 0 fully saturated rings. The van der Waals surface area contributed by atoms with Crippen molar-refractivity contribution in [3.63, 3.8) is 0 Å². The zero-order valence-electron chi connectivity index (χ0n) is 14.6. The van der Waals surface area contributed by atoms with Gasteiger partial charge in [-0.1, -0.05) is 48.5 Å². The Balaban J connectivity index is 2.13. The summed E-state index contributed by atoms with van der Waals surface area (Å²) in [6, 6.07) is 17.8. The van der Waals surface area contributed by atoms with E-state index in [1.165, 1.54) is 6.92 Å². The van der Waals surface area contributed by atoms with E-state index in [-0.39, 0.29) is 11.7 Å². The molecule has 0 aromatic heterocycles. The molecule has 0 saturated heterocycles. The van der Waals surface area contributed by atoms with E-state index < -0.39 is 17.4 Å². The van der Waals surface area contributed by atoms with E-state index in [1.807, 2.05) is 24.3 Å². The van der Waals surface area contributed by atoms with Crippen LogP contribution in [0.3, 0.4) is 0 Å². The second-order valence-corrected chi connectivity index (χ2v) is 6.39. The van der Waals surface area contributed by atoms with Crippen molar-refractivity contribution in [1.29, 1.82) is 0 Å². The standard InChI is InChI=1S/C20H22N2O3/c1-14(23)17(15-10-6-4-7-11-15)18(24)22-20(2,3)19(25)21-16-12-8-5-9-13-16/h4-13,17H,1-3H3,(H,21,25)(H,22,24). The minimum Gasteiger partial charge on any atom is -0.341 e. The number of carbonyl (C=O) groups excluding carboxylic acids is 3. The summed E-state index contributed by atoms with van der Waals surface area (Å²) in [4.78, 5) is 37.1. The molecule has 5 nitrogen and oxygen atoms in total. The fraction of sp³-hybridized carbons (Fsp3) is 0.250. The van der Waals surface area contributed by atoms with Crippen LogP contribution in [0, 0.1) is 0 Å². The van der Waals surface area contributed by atoms with Crippen LogP contribution in [0.4, 0.5) is 5.69 Å². The van der Waals surface area contributed by atoms with Gasteiger partial charge in [0.25, 0.3) is 0 Å². The van der Waals surface area contributed by atoms with Crippen LogP contribution in [0.25, 0.3) is 0 Å². The number of para-hydroxylation sites is 1. The molecule has 0 aliphatic heterocycles. The summed E-state index contributed by atoms with van der Waals surface area (Å²) >= 11 is 0. The van der Waals surface area contributed by atoms with Crippen molar-refractivity contribution >= 4 is 23.3 Å². The molecule has 0 bridgehead atoms. The average molecular weight is 338 g/mol. The zero-order chi connectivity index (χ0) is 18.4. The Morgan fingerprint density at radius 2 is 1.40 bits per heavy atom. The Hall–Kier alpha value is -2.95. The molecule has 0 aliphatic carbocycles. The zero-order valence-corrected chi connectivity index (χ0v) is 14.6. The summed E-state index contributed by atoms with van der Waals surface area (Å²) in [7, 11) is 0. The van der Waals surface area contributed by atoms with E-state index in [2.05, 4.69) is 10.6 Å². The molecule has 0 spiro atoms. The number of Topliss-reactive ketones (excluding diaryl/α,β-unsaturated/α-hetero) is 1. The van der Waals surface area contributed by atoms with Crippen LogP contribution >= 0.6 is 0 Å². The van der Waals surface area contributed by atoms with Gasteiger partial charge in [-0.2, -0.15) is 0 Å². The van der Waals surface area contributed by atoms with Gasteiger partial charge >= 0.3 is 0 Å². The van der Waals surface area contributed by atoms with Gasteiger partial charge in [0.05, 0.1) is 0 Å². The maximum absolute atomic E-state index is 12.6. The molecular formula is C20H22N2O3. The molecule has 0 radical (unpaired) electrons. The molecule has 0 heterocycles. The molecule has 5 heteroatoms. The lowest BCUT2D eigenvalue weighted by Gasteiger charge is -2.27. The van der Waals surface area contributed by atoms with Crippen LogP contribution in [-0.4, -0.2) is 23.1 Å². The molecule has 0 aliphatic rings. The Labute approximate surface area is 147 Å². The van der Waals surface area contributed by atoms with Crippen LogP contribution in [0.15, 0.2) is 60.7 Å². The van der Waals surface area contributed by atoms with Gasteiger partial charge in [-0.15, -0.1) is 0 Å². The summed E-state index contributed by atoms with van der Waals surface area (Å²) < 4.78 is 0. The van der Waals surface area contributed by atoms with E-state index in [9.17, 15) is 14.4 Å². The first-order chi connectivity index (χ1) is 11.8. The van der Waals surface area contributed by atoms with E-state index in [1.54, 1.807) is 50.2 Å². The Morgan fingerprint density at radius 1 is 0.880 bits per heavy atom. The number of benzene rings is 2. The summed E-state index contributed by atoms with van der Waals surface area (Å²) in [5, 5.41) is 5.44. The highest BCUT2D eigenvalue weighted by atomic mass is 16.2. The van der Waals surface area contributed by atoms with Crippen molar-refractivity contribution in [1.82, 2.24) is 5.32 Å². The van der Waals surface area contributed by atoms with Crippen LogP contribution in [0.2, 0.25) is 0 Å². The largest absolute Gasteiger partial charge is 0.341 e. The van der Waals surface area contributed by atoms with Crippen molar-refractivity contribution < 1.29 is 14.4 Å². The van der Waals surface area contributed by atoms with E-state index >= 15 is 0 Å². The predicted octanol–water partition coefficient (Wildman–Crippen LogP) is 2.89. The number of hydrogen-bond donors (Lipinski definition) is 2. The lowest BCUT2D eigenvalue weighted by Crippen LogP contribution is -2.54. The molecule has 0 saturated carbocycles. The molecule has 2 rings (SSSR count). The SMILES string of the molecule is CC(=O)C(C(=O)NC(C)(C)C(=O)Nc1ccccc1)c1ccccc1. The summed E-state index contributed by atoms with van der Waals surface area (Å²) in [5.41, 5.74) is 0.0721. The van der Waals surface area contributed by atoms with Gasteiger partial charge in [-0.25, -0.2) is 0 Å². The highest BCUT2D eigenvalue weighted by Gasteiger charge is 2.34. The maximum Gasteiger partial charge on any atom is 0.249 e. The van der Waals surface area contributed by atoms with Crippen molar-refractivity contribution in [2.45, 2.75) is 32.2 Å².